The number of rotatable bonds is 2. The largest absolute Gasteiger partial charge is 0.417 e. The molecule has 0 saturated carbocycles. The van der Waals surface area contributed by atoms with Crippen LogP contribution >= 0.6 is 15.9 Å². The summed E-state index contributed by atoms with van der Waals surface area (Å²) in [4.78, 5) is 0.876. The normalized spacial score (nSPS) is 15.2. The molecule has 4 nitrogen and oxygen atoms in total. The zero-order chi connectivity index (χ0) is 18.4. The van der Waals surface area contributed by atoms with Gasteiger partial charge in [-0.1, -0.05) is 28.1 Å². The first kappa shape index (κ1) is 18.2. The summed E-state index contributed by atoms with van der Waals surface area (Å²) in [6, 6.07) is 8.86. The molecular weight excluding hydrogens is 421 g/mol. The zero-order valence-corrected chi connectivity index (χ0v) is 15.2. The summed E-state index contributed by atoms with van der Waals surface area (Å²) < 4.78 is 63.7. The van der Waals surface area contributed by atoms with Crippen LogP contribution in [-0.4, -0.2) is 15.0 Å². The van der Waals surface area contributed by atoms with Gasteiger partial charge >= 0.3 is 6.18 Å². The Morgan fingerprint density at radius 3 is 2.52 bits per heavy atom. The summed E-state index contributed by atoms with van der Waals surface area (Å²) >= 11 is 3.48. The number of sulfonamides is 1. The van der Waals surface area contributed by atoms with Crippen molar-refractivity contribution in [2.24, 2.45) is 5.14 Å². The fourth-order valence-electron chi connectivity index (χ4n) is 2.97. The second kappa shape index (κ2) is 6.30. The monoisotopic (exact) mass is 434 g/mol. The standard InChI is InChI=1S/C16H14BrF3N2O2S/c17-14-3-1-2-10-9-22(7-6-12(10)14)11-4-5-15(25(21,23)24)13(8-11)16(18,19)20/h1-5,8H,6-7,9H2,(H2,21,23,24). The molecule has 0 atom stereocenters. The number of nitrogens with zero attached hydrogens (tertiary/aromatic N) is 1. The van der Waals surface area contributed by atoms with Gasteiger partial charge in [-0.2, -0.15) is 13.2 Å². The fourth-order valence-corrected chi connectivity index (χ4v) is 4.31. The average molecular weight is 435 g/mol. The average Bonchev–Trinajstić information content (AvgIpc) is 2.52. The smallest absolute Gasteiger partial charge is 0.367 e. The third-order valence-corrected chi connectivity index (χ3v) is 5.86. The van der Waals surface area contributed by atoms with Crippen LogP contribution in [0.25, 0.3) is 0 Å². The second-order valence-corrected chi connectivity index (χ2v) is 8.16. The van der Waals surface area contributed by atoms with Gasteiger partial charge in [0.2, 0.25) is 10.0 Å². The third kappa shape index (κ3) is 3.68. The molecule has 2 aromatic carbocycles. The summed E-state index contributed by atoms with van der Waals surface area (Å²) in [6.07, 6.45) is -4.14. The van der Waals surface area contributed by atoms with E-state index in [1.54, 1.807) is 4.90 Å². The quantitative estimate of drug-likeness (QED) is 0.783. The van der Waals surface area contributed by atoms with Crippen LogP contribution in [-0.2, 0) is 29.2 Å². The van der Waals surface area contributed by atoms with Crippen LogP contribution in [0, 0.1) is 0 Å². The zero-order valence-electron chi connectivity index (χ0n) is 12.8. The maximum atomic E-state index is 13.3. The Balaban J connectivity index is 2.02. The molecule has 0 aliphatic carbocycles. The number of alkyl halides is 3. The molecule has 0 amide bonds. The molecule has 25 heavy (non-hydrogen) atoms. The SMILES string of the molecule is NS(=O)(=O)c1ccc(N2CCc3c(Br)cccc3C2)cc1C(F)(F)F. The summed E-state index contributed by atoms with van der Waals surface area (Å²) in [5.74, 6) is 0. The van der Waals surface area contributed by atoms with Gasteiger partial charge in [-0.15, -0.1) is 0 Å². The minimum atomic E-state index is -4.81. The molecule has 0 unspecified atom stereocenters. The minimum Gasteiger partial charge on any atom is -0.367 e. The van der Waals surface area contributed by atoms with E-state index in [9.17, 15) is 21.6 Å². The highest BCUT2D eigenvalue weighted by molar-refractivity contribution is 9.10. The van der Waals surface area contributed by atoms with E-state index in [0.717, 1.165) is 27.7 Å². The van der Waals surface area contributed by atoms with Crippen LogP contribution in [0.5, 0.6) is 0 Å². The van der Waals surface area contributed by atoms with Gasteiger partial charge in [-0.05, 0) is 41.8 Å². The molecule has 0 aromatic heterocycles. The number of anilines is 1. The van der Waals surface area contributed by atoms with Crippen molar-refractivity contribution in [1.29, 1.82) is 0 Å². The summed E-state index contributed by atoms with van der Waals surface area (Å²) in [5.41, 5.74) is 1.22. The molecule has 3 rings (SSSR count). The van der Waals surface area contributed by atoms with Crippen molar-refractivity contribution < 1.29 is 21.6 Å². The van der Waals surface area contributed by atoms with Crippen molar-refractivity contribution in [2.75, 3.05) is 11.4 Å². The van der Waals surface area contributed by atoms with E-state index in [1.807, 2.05) is 18.2 Å². The Hall–Kier alpha value is -1.58. The second-order valence-electron chi connectivity index (χ2n) is 5.77. The Morgan fingerprint density at radius 2 is 1.88 bits per heavy atom. The molecule has 2 N–H and O–H groups in total. The van der Waals surface area contributed by atoms with Gasteiger partial charge in [0.1, 0.15) is 0 Å². The van der Waals surface area contributed by atoms with E-state index in [2.05, 4.69) is 15.9 Å². The lowest BCUT2D eigenvalue weighted by Crippen LogP contribution is -2.31. The lowest BCUT2D eigenvalue weighted by Gasteiger charge is -2.32. The predicted molar refractivity (Wildman–Crippen MR) is 91.7 cm³/mol. The van der Waals surface area contributed by atoms with Crippen molar-refractivity contribution in [3.8, 4) is 0 Å². The first-order chi connectivity index (χ1) is 11.6. The van der Waals surface area contributed by atoms with E-state index >= 15 is 0 Å². The van der Waals surface area contributed by atoms with Gasteiger partial charge in [0.25, 0.3) is 0 Å². The van der Waals surface area contributed by atoms with E-state index in [0.29, 0.717) is 25.2 Å². The van der Waals surface area contributed by atoms with Crippen molar-refractivity contribution in [3.05, 3.63) is 57.6 Å². The van der Waals surface area contributed by atoms with E-state index < -0.39 is 26.7 Å². The summed E-state index contributed by atoms with van der Waals surface area (Å²) in [6.45, 7) is 0.975. The van der Waals surface area contributed by atoms with Gasteiger partial charge in [0.05, 0.1) is 10.5 Å². The molecule has 2 aromatic rings. The lowest BCUT2D eigenvalue weighted by atomic mass is 9.99. The molecule has 9 heteroatoms. The number of benzene rings is 2. The van der Waals surface area contributed by atoms with E-state index in [4.69, 9.17) is 5.14 Å². The third-order valence-electron chi connectivity index (χ3n) is 4.15. The van der Waals surface area contributed by atoms with Gasteiger partial charge in [-0.3, -0.25) is 0 Å². The Kier molecular flexibility index (Phi) is 4.59. The molecule has 134 valence electrons. The maximum Gasteiger partial charge on any atom is 0.417 e. The molecule has 0 spiro atoms. The summed E-state index contributed by atoms with van der Waals surface area (Å²) in [7, 11) is -4.46. The van der Waals surface area contributed by atoms with Crippen LogP contribution in [0.1, 0.15) is 16.7 Å². The fraction of sp³-hybridized carbons (Fsp3) is 0.250. The van der Waals surface area contributed by atoms with Crippen LogP contribution in [0.4, 0.5) is 18.9 Å². The number of hydrogen-bond donors (Lipinski definition) is 1. The lowest BCUT2D eigenvalue weighted by molar-refractivity contribution is -0.139. The topological polar surface area (TPSA) is 63.4 Å². The van der Waals surface area contributed by atoms with Crippen LogP contribution < -0.4 is 10.0 Å². The molecular formula is C16H14BrF3N2O2S. The van der Waals surface area contributed by atoms with Gasteiger partial charge in [0.15, 0.2) is 0 Å². The van der Waals surface area contributed by atoms with E-state index in [-0.39, 0.29) is 0 Å². The van der Waals surface area contributed by atoms with Gasteiger partial charge < -0.3 is 4.90 Å². The van der Waals surface area contributed by atoms with Crippen molar-refractivity contribution >= 4 is 31.6 Å². The van der Waals surface area contributed by atoms with E-state index in [1.165, 1.54) is 6.07 Å². The molecule has 0 bridgehead atoms. The number of primary sulfonamides is 1. The number of fused-ring (bicyclic) bond motifs is 1. The Labute approximate surface area is 151 Å². The number of halogens is 4. The summed E-state index contributed by atoms with van der Waals surface area (Å²) in [5, 5.41) is 4.92. The first-order valence-electron chi connectivity index (χ1n) is 7.32. The van der Waals surface area contributed by atoms with Crippen molar-refractivity contribution in [3.63, 3.8) is 0 Å². The van der Waals surface area contributed by atoms with Crippen LogP contribution in [0.3, 0.4) is 0 Å². The molecule has 1 aliphatic heterocycles. The molecule has 1 aliphatic rings. The minimum absolute atomic E-state index is 0.311. The predicted octanol–water partition coefficient (Wildman–Crippen LogP) is 3.68. The van der Waals surface area contributed by atoms with Crippen molar-refractivity contribution in [1.82, 2.24) is 0 Å². The number of nitrogens with two attached hydrogens (primary N) is 1. The highest BCUT2D eigenvalue weighted by Gasteiger charge is 2.37. The Bertz CT molecular complexity index is 929. The van der Waals surface area contributed by atoms with Crippen molar-refractivity contribution in [2.45, 2.75) is 24.0 Å². The first-order valence-corrected chi connectivity index (χ1v) is 9.66. The molecule has 0 saturated heterocycles. The molecule has 0 fully saturated rings. The molecule has 0 radical (unpaired) electrons. The highest BCUT2D eigenvalue weighted by atomic mass is 79.9. The maximum absolute atomic E-state index is 13.3. The van der Waals surface area contributed by atoms with Crippen LogP contribution in [0.2, 0.25) is 0 Å². The Morgan fingerprint density at radius 1 is 1.16 bits per heavy atom. The number of hydrogen-bond acceptors (Lipinski definition) is 3. The van der Waals surface area contributed by atoms with Gasteiger partial charge in [0, 0.05) is 23.2 Å². The van der Waals surface area contributed by atoms with Crippen LogP contribution in [0.15, 0.2) is 45.8 Å². The highest BCUT2D eigenvalue weighted by Crippen LogP contribution is 2.37. The van der Waals surface area contributed by atoms with Gasteiger partial charge in [-0.25, -0.2) is 13.6 Å². The molecule has 1 heterocycles.